The number of carbonyl (C=O) groups excluding carboxylic acids is 1. The molecule has 1 N–H and O–H groups in total. The van der Waals surface area contributed by atoms with Gasteiger partial charge >= 0.3 is 0 Å². The Morgan fingerprint density at radius 1 is 1.13 bits per heavy atom. The summed E-state index contributed by atoms with van der Waals surface area (Å²) in [5.74, 6) is -3.07. The van der Waals surface area contributed by atoms with Gasteiger partial charge in [-0.05, 0) is 24.3 Å². The van der Waals surface area contributed by atoms with Crippen LogP contribution >= 0.6 is 23.2 Å². The van der Waals surface area contributed by atoms with Crippen LogP contribution in [0.15, 0.2) is 42.0 Å². The second kappa shape index (κ2) is 7.23. The van der Waals surface area contributed by atoms with Crippen molar-refractivity contribution >= 4 is 40.9 Å². The molecule has 0 aromatic heterocycles. The molecule has 2 aromatic carbocycles. The van der Waals surface area contributed by atoms with E-state index in [-0.39, 0.29) is 21.3 Å². The molecule has 0 spiro atoms. The van der Waals surface area contributed by atoms with Crippen molar-refractivity contribution in [3.8, 4) is 6.07 Å². The highest BCUT2D eigenvalue weighted by molar-refractivity contribution is 6.40. The quantitative estimate of drug-likeness (QED) is 0.636. The summed E-state index contributed by atoms with van der Waals surface area (Å²) in [6.45, 7) is 0. The summed E-state index contributed by atoms with van der Waals surface area (Å²) in [6, 6.07) is 9.67. The molecule has 0 saturated heterocycles. The van der Waals surface area contributed by atoms with Gasteiger partial charge in [0.05, 0.1) is 15.7 Å². The van der Waals surface area contributed by atoms with Gasteiger partial charge in [0.2, 0.25) is 0 Å². The molecular formula is C16H8Cl2F2N2O. The molecule has 0 unspecified atom stereocenters. The highest BCUT2D eigenvalue weighted by Gasteiger charge is 2.15. The summed E-state index contributed by atoms with van der Waals surface area (Å²) in [5, 5.41) is 11.8. The number of rotatable bonds is 3. The third-order valence-corrected chi connectivity index (χ3v) is 3.48. The first-order valence-corrected chi connectivity index (χ1v) is 7.00. The van der Waals surface area contributed by atoms with Crippen molar-refractivity contribution in [2.24, 2.45) is 0 Å². The summed E-state index contributed by atoms with van der Waals surface area (Å²) in [4.78, 5) is 12.1. The number of hydrogen-bond acceptors (Lipinski definition) is 2. The number of hydrogen-bond donors (Lipinski definition) is 1. The van der Waals surface area contributed by atoms with Crippen molar-refractivity contribution in [2.45, 2.75) is 0 Å². The lowest BCUT2D eigenvalue weighted by atomic mass is 10.1. The van der Waals surface area contributed by atoms with E-state index in [1.54, 1.807) is 12.1 Å². The highest BCUT2D eigenvalue weighted by atomic mass is 35.5. The average Bonchev–Trinajstić information content (AvgIpc) is 2.52. The van der Waals surface area contributed by atoms with E-state index in [1.165, 1.54) is 24.3 Å². The topological polar surface area (TPSA) is 52.9 Å². The second-order valence-corrected chi connectivity index (χ2v) is 5.18. The highest BCUT2D eigenvalue weighted by Crippen LogP contribution is 2.30. The molecule has 0 bridgehead atoms. The third-order valence-electron chi connectivity index (χ3n) is 2.85. The van der Waals surface area contributed by atoms with E-state index in [2.05, 4.69) is 5.32 Å². The molecule has 3 nitrogen and oxygen atoms in total. The number of nitriles is 1. The molecule has 0 heterocycles. The number of carbonyl (C=O) groups is 1. The van der Waals surface area contributed by atoms with Crippen LogP contribution in [0.25, 0.3) is 6.08 Å². The zero-order valence-corrected chi connectivity index (χ0v) is 12.9. The number of halogens is 4. The number of amides is 1. The number of anilines is 1. The summed E-state index contributed by atoms with van der Waals surface area (Å²) >= 11 is 11.8. The monoisotopic (exact) mass is 352 g/mol. The van der Waals surface area contributed by atoms with Crippen LogP contribution in [0.4, 0.5) is 14.5 Å². The van der Waals surface area contributed by atoms with E-state index in [0.717, 1.165) is 12.1 Å². The average molecular weight is 353 g/mol. The molecule has 116 valence electrons. The SMILES string of the molecule is N#C/C(=C/c1cccc(F)c1F)C(=O)Nc1c(Cl)cccc1Cl. The lowest BCUT2D eigenvalue weighted by molar-refractivity contribution is -0.112. The zero-order chi connectivity index (χ0) is 17.0. The van der Waals surface area contributed by atoms with Crippen molar-refractivity contribution in [3.63, 3.8) is 0 Å². The fourth-order valence-corrected chi connectivity index (χ4v) is 2.23. The molecule has 7 heteroatoms. The largest absolute Gasteiger partial charge is 0.319 e. The minimum Gasteiger partial charge on any atom is -0.319 e. The normalized spacial score (nSPS) is 11.0. The van der Waals surface area contributed by atoms with Crippen LogP contribution in [-0.2, 0) is 4.79 Å². The van der Waals surface area contributed by atoms with Crippen LogP contribution < -0.4 is 5.32 Å². The standard InChI is InChI=1S/C16H8Cl2F2N2O/c17-11-4-2-5-12(18)15(11)22-16(23)10(8-21)7-9-3-1-6-13(19)14(9)20/h1-7H,(H,22,23)/b10-7-. The Bertz CT molecular complexity index is 824. The van der Waals surface area contributed by atoms with E-state index < -0.39 is 23.1 Å². The zero-order valence-electron chi connectivity index (χ0n) is 11.4. The van der Waals surface area contributed by atoms with Crippen LogP contribution in [0, 0.1) is 23.0 Å². The Morgan fingerprint density at radius 3 is 2.35 bits per heavy atom. The van der Waals surface area contributed by atoms with Gasteiger partial charge in [-0.15, -0.1) is 0 Å². The molecule has 0 aliphatic rings. The minimum atomic E-state index is -1.15. The molecule has 0 saturated carbocycles. The summed E-state index contributed by atoms with van der Waals surface area (Å²) in [6.07, 6.45) is 0.943. The fourth-order valence-electron chi connectivity index (χ4n) is 1.73. The number of para-hydroxylation sites is 1. The van der Waals surface area contributed by atoms with Gasteiger partial charge in [0.1, 0.15) is 11.6 Å². The smallest absolute Gasteiger partial charge is 0.266 e. The first-order valence-electron chi connectivity index (χ1n) is 6.25. The fraction of sp³-hybridized carbons (Fsp3) is 0. The van der Waals surface area contributed by atoms with Gasteiger partial charge in [-0.25, -0.2) is 8.78 Å². The maximum atomic E-state index is 13.6. The number of nitrogens with zero attached hydrogens (tertiary/aromatic N) is 1. The lowest BCUT2D eigenvalue weighted by Crippen LogP contribution is -2.14. The molecule has 23 heavy (non-hydrogen) atoms. The van der Waals surface area contributed by atoms with Crippen molar-refractivity contribution in [3.05, 3.63) is 69.2 Å². The van der Waals surface area contributed by atoms with Crippen LogP contribution in [0.1, 0.15) is 5.56 Å². The molecule has 2 rings (SSSR count). The lowest BCUT2D eigenvalue weighted by Gasteiger charge is -2.08. The molecule has 0 radical (unpaired) electrons. The second-order valence-electron chi connectivity index (χ2n) is 4.36. The van der Waals surface area contributed by atoms with Gasteiger partial charge in [-0.1, -0.05) is 41.4 Å². The van der Waals surface area contributed by atoms with Crippen LogP contribution in [0.5, 0.6) is 0 Å². The van der Waals surface area contributed by atoms with Gasteiger partial charge in [-0.3, -0.25) is 4.79 Å². The van der Waals surface area contributed by atoms with E-state index in [1.807, 2.05) is 0 Å². The molecule has 0 fully saturated rings. The minimum absolute atomic E-state index is 0.127. The molecular weight excluding hydrogens is 345 g/mol. The van der Waals surface area contributed by atoms with Gasteiger partial charge in [-0.2, -0.15) is 5.26 Å². The summed E-state index contributed by atoms with van der Waals surface area (Å²) in [5.41, 5.74) is -0.519. The Labute approximate surface area is 140 Å². The Hall–Kier alpha value is -2.42. The van der Waals surface area contributed by atoms with E-state index in [4.69, 9.17) is 28.5 Å². The third kappa shape index (κ3) is 3.86. The Morgan fingerprint density at radius 2 is 1.74 bits per heavy atom. The van der Waals surface area contributed by atoms with E-state index >= 15 is 0 Å². The first kappa shape index (κ1) is 16.9. The molecule has 0 aliphatic carbocycles. The molecule has 2 aromatic rings. The first-order chi connectivity index (χ1) is 10.9. The van der Waals surface area contributed by atoms with Crippen molar-refractivity contribution < 1.29 is 13.6 Å². The van der Waals surface area contributed by atoms with Gasteiger partial charge in [0.15, 0.2) is 11.6 Å². The maximum absolute atomic E-state index is 13.6. The van der Waals surface area contributed by atoms with Gasteiger partial charge < -0.3 is 5.32 Å². The summed E-state index contributed by atoms with van der Waals surface area (Å²) < 4.78 is 26.8. The molecule has 0 aliphatic heterocycles. The number of nitrogens with one attached hydrogen (secondary N) is 1. The van der Waals surface area contributed by atoms with Crippen molar-refractivity contribution in [1.82, 2.24) is 0 Å². The van der Waals surface area contributed by atoms with E-state index in [9.17, 15) is 13.6 Å². The van der Waals surface area contributed by atoms with Gasteiger partial charge in [0, 0.05) is 5.56 Å². The Balaban J connectivity index is 2.35. The Kier molecular flexibility index (Phi) is 5.32. The van der Waals surface area contributed by atoms with E-state index in [0.29, 0.717) is 0 Å². The molecule has 1 amide bonds. The predicted octanol–water partition coefficient (Wildman–Crippen LogP) is 4.82. The van der Waals surface area contributed by atoms with Crippen molar-refractivity contribution in [2.75, 3.05) is 5.32 Å². The number of benzene rings is 2. The van der Waals surface area contributed by atoms with Crippen molar-refractivity contribution in [1.29, 1.82) is 5.26 Å². The van der Waals surface area contributed by atoms with Crippen LogP contribution in [0.3, 0.4) is 0 Å². The predicted molar refractivity (Wildman–Crippen MR) is 85.0 cm³/mol. The van der Waals surface area contributed by atoms with Gasteiger partial charge in [0.25, 0.3) is 5.91 Å². The molecule has 0 atom stereocenters. The summed E-state index contributed by atoms with van der Waals surface area (Å²) in [7, 11) is 0. The van der Waals surface area contributed by atoms with Crippen LogP contribution in [-0.4, -0.2) is 5.91 Å². The maximum Gasteiger partial charge on any atom is 0.266 e. The van der Waals surface area contributed by atoms with Crippen LogP contribution in [0.2, 0.25) is 10.0 Å².